The number of furan rings is 1. The lowest BCUT2D eigenvalue weighted by molar-refractivity contribution is 0.669. The van der Waals surface area contributed by atoms with Gasteiger partial charge in [0.05, 0.1) is 28.1 Å². The van der Waals surface area contributed by atoms with Gasteiger partial charge in [-0.2, -0.15) is 0 Å². The molecule has 0 radical (unpaired) electrons. The number of para-hydroxylation sites is 3. The number of aromatic nitrogens is 1. The van der Waals surface area contributed by atoms with E-state index in [9.17, 15) is 0 Å². The molecule has 0 N–H and O–H groups in total. The van der Waals surface area contributed by atoms with Crippen molar-refractivity contribution in [3.8, 4) is 106 Å². The molecule has 534 valence electrons. The lowest BCUT2D eigenvalue weighted by atomic mass is 9.33. The molecular weight excluding hydrogens is 1390 g/mol. The molecule has 115 heavy (non-hydrogen) atoms. The molecule has 0 atom stereocenters. The van der Waals surface area contributed by atoms with E-state index in [2.05, 4.69) is 439 Å². The van der Waals surface area contributed by atoms with Crippen LogP contribution in [0.3, 0.4) is 0 Å². The van der Waals surface area contributed by atoms with Crippen LogP contribution in [0.5, 0.6) is 0 Å². The lowest BCUT2D eigenvalue weighted by Gasteiger charge is -2.46. The zero-order valence-electron chi connectivity index (χ0n) is 62.7. The number of hydrogen-bond acceptors (Lipinski definition) is 3. The van der Waals surface area contributed by atoms with E-state index in [-0.39, 0.29) is 6.71 Å². The minimum atomic E-state index is -0.333. The monoisotopic (exact) mass is 1460 g/mol. The van der Waals surface area contributed by atoms with Gasteiger partial charge in [0.2, 0.25) is 0 Å². The number of rotatable bonds is 12. The first-order chi connectivity index (χ1) is 57.1. The van der Waals surface area contributed by atoms with Crippen molar-refractivity contribution in [3.05, 3.63) is 425 Å². The largest absolute Gasteiger partial charge is 0.456 e. The van der Waals surface area contributed by atoms with Gasteiger partial charge in [-0.05, 0) is 195 Å². The van der Waals surface area contributed by atoms with Gasteiger partial charge in [-0.15, -0.1) is 0 Å². The van der Waals surface area contributed by atoms with Gasteiger partial charge in [0.25, 0.3) is 6.71 Å². The van der Waals surface area contributed by atoms with Gasteiger partial charge in [-0.1, -0.05) is 346 Å². The van der Waals surface area contributed by atoms with Crippen molar-refractivity contribution in [2.45, 2.75) is 0 Å². The van der Waals surface area contributed by atoms with E-state index < -0.39 is 0 Å². The number of hydrogen-bond donors (Lipinski definition) is 0. The SMILES string of the molecule is c1ccc(-c2cc(-c3ccccc3)c(N3c4cc(-c5ccc6oc7ccccc7c6c5)ccc4B4c5ccc(-c6c7ccccc7c(-c7ccccc7)c7ccccc67)cc5N(c5c(-c6ccccc6)cc(-c6ccccc6)cc5-c5ccccc5)c5cc(-n6c7ccccc7c7ccccc76)cc3c54)c(-c3ccccc3)c2)cc1. The molecule has 0 spiro atoms. The fourth-order valence-electron chi connectivity index (χ4n) is 19.1. The first-order valence-corrected chi connectivity index (χ1v) is 39.7. The van der Waals surface area contributed by atoms with Gasteiger partial charge < -0.3 is 18.8 Å². The van der Waals surface area contributed by atoms with Crippen LogP contribution < -0.4 is 26.2 Å². The van der Waals surface area contributed by atoms with E-state index in [1.807, 2.05) is 0 Å². The molecule has 0 aliphatic carbocycles. The Bertz CT molecular complexity index is 7210. The van der Waals surface area contributed by atoms with Crippen LogP contribution in [0.25, 0.3) is 171 Å². The highest BCUT2D eigenvalue weighted by molar-refractivity contribution is 7.00. The van der Waals surface area contributed by atoms with Gasteiger partial charge in [-0.25, -0.2) is 0 Å². The zero-order valence-corrected chi connectivity index (χ0v) is 62.7. The van der Waals surface area contributed by atoms with Crippen LogP contribution in [0.1, 0.15) is 0 Å². The van der Waals surface area contributed by atoms with E-state index in [4.69, 9.17) is 4.42 Å². The summed E-state index contributed by atoms with van der Waals surface area (Å²) < 4.78 is 9.14. The Hall–Kier alpha value is -15.0. The molecule has 2 aromatic heterocycles. The van der Waals surface area contributed by atoms with Crippen molar-refractivity contribution in [2.75, 3.05) is 9.80 Å². The van der Waals surface area contributed by atoms with Crippen molar-refractivity contribution in [3.63, 3.8) is 0 Å². The van der Waals surface area contributed by atoms with Gasteiger partial charge in [0, 0.05) is 66.5 Å². The minimum Gasteiger partial charge on any atom is -0.456 e. The maximum atomic E-state index is 6.59. The zero-order chi connectivity index (χ0) is 75.6. The van der Waals surface area contributed by atoms with Crippen LogP contribution in [0.15, 0.2) is 429 Å². The van der Waals surface area contributed by atoms with Crippen LogP contribution in [-0.2, 0) is 0 Å². The summed E-state index contributed by atoms with van der Waals surface area (Å²) in [5.41, 5.74) is 35.3. The fourth-order valence-corrected chi connectivity index (χ4v) is 19.1. The average Bonchev–Trinajstić information content (AvgIpc) is 0.989. The molecule has 0 saturated heterocycles. The number of benzene rings is 19. The first kappa shape index (κ1) is 65.8. The molecule has 21 aromatic rings. The van der Waals surface area contributed by atoms with Crippen LogP contribution in [-0.4, -0.2) is 11.3 Å². The summed E-state index contributed by atoms with van der Waals surface area (Å²) in [4.78, 5) is 5.43. The Labute approximate surface area is 667 Å². The second-order valence-electron chi connectivity index (χ2n) is 30.5. The van der Waals surface area contributed by atoms with Crippen LogP contribution in [0, 0.1) is 0 Å². The maximum Gasteiger partial charge on any atom is 0.252 e. The fraction of sp³-hybridized carbons (Fsp3) is 0. The molecule has 4 heterocycles. The molecule has 0 amide bonds. The highest BCUT2D eigenvalue weighted by Crippen LogP contribution is 2.57. The highest BCUT2D eigenvalue weighted by Gasteiger charge is 2.46. The van der Waals surface area contributed by atoms with E-state index >= 15 is 0 Å². The Kier molecular flexibility index (Phi) is 15.4. The highest BCUT2D eigenvalue weighted by atomic mass is 16.3. The third-order valence-corrected chi connectivity index (χ3v) is 24.1. The smallest absolute Gasteiger partial charge is 0.252 e. The van der Waals surface area contributed by atoms with Crippen LogP contribution in [0.2, 0.25) is 0 Å². The minimum absolute atomic E-state index is 0.333. The molecule has 2 aliphatic rings. The van der Waals surface area contributed by atoms with E-state index in [1.54, 1.807) is 0 Å². The van der Waals surface area contributed by atoms with Crippen molar-refractivity contribution >= 4 is 123 Å². The Balaban J connectivity index is 0.916. The van der Waals surface area contributed by atoms with Gasteiger partial charge >= 0.3 is 0 Å². The summed E-state index contributed by atoms with van der Waals surface area (Å²) >= 11 is 0. The summed E-state index contributed by atoms with van der Waals surface area (Å²) in [6, 6.07) is 159. The second-order valence-corrected chi connectivity index (χ2v) is 30.5. The molecule has 19 aromatic carbocycles. The summed E-state index contributed by atoms with van der Waals surface area (Å²) in [6.07, 6.45) is 0. The third kappa shape index (κ3) is 10.7. The Morgan fingerprint density at radius 3 is 0.957 bits per heavy atom. The normalized spacial score (nSPS) is 12.3. The predicted molar refractivity (Wildman–Crippen MR) is 486 cm³/mol. The van der Waals surface area contributed by atoms with Crippen molar-refractivity contribution in [1.82, 2.24) is 4.57 Å². The van der Waals surface area contributed by atoms with E-state index in [1.165, 1.54) is 65.4 Å². The molecular formula is C110H70BN3O. The Morgan fingerprint density at radius 1 is 0.200 bits per heavy atom. The first-order valence-electron chi connectivity index (χ1n) is 39.7. The molecule has 0 fully saturated rings. The second kappa shape index (κ2) is 26.9. The molecule has 5 heteroatoms. The summed E-state index contributed by atoms with van der Waals surface area (Å²) in [7, 11) is 0. The van der Waals surface area contributed by atoms with Crippen molar-refractivity contribution in [2.24, 2.45) is 0 Å². The van der Waals surface area contributed by atoms with E-state index in [0.29, 0.717) is 0 Å². The van der Waals surface area contributed by atoms with E-state index in [0.717, 1.165) is 156 Å². The molecule has 0 saturated carbocycles. The Morgan fingerprint density at radius 2 is 0.522 bits per heavy atom. The van der Waals surface area contributed by atoms with Crippen molar-refractivity contribution in [1.29, 1.82) is 0 Å². The van der Waals surface area contributed by atoms with Crippen molar-refractivity contribution < 1.29 is 4.42 Å². The molecule has 4 nitrogen and oxygen atoms in total. The number of fused-ring (bicyclic) bond motifs is 12. The van der Waals surface area contributed by atoms with Crippen LogP contribution in [0.4, 0.5) is 34.1 Å². The molecule has 0 bridgehead atoms. The average molecular weight is 1460 g/mol. The third-order valence-electron chi connectivity index (χ3n) is 24.1. The predicted octanol–water partition coefficient (Wildman–Crippen LogP) is 28.1. The molecule has 0 unspecified atom stereocenters. The maximum absolute atomic E-state index is 6.59. The summed E-state index contributed by atoms with van der Waals surface area (Å²) in [5.74, 6) is 0. The number of anilines is 6. The number of nitrogens with zero attached hydrogens (tertiary/aromatic N) is 3. The summed E-state index contributed by atoms with van der Waals surface area (Å²) in [6.45, 7) is -0.333. The topological polar surface area (TPSA) is 24.6 Å². The molecule has 2 aliphatic heterocycles. The van der Waals surface area contributed by atoms with Gasteiger partial charge in [-0.3, -0.25) is 0 Å². The lowest BCUT2D eigenvalue weighted by Crippen LogP contribution is -2.61. The summed E-state index contributed by atoms with van der Waals surface area (Å²) in [5, 5.41) is 9.33. The standard InChI is InChI=1S/C110H70BN3O/c1-8-32-71(33-9-1)81-63-91(73-36-12-3-13-37-73)109(92(64-81)74-38-14-4-15-39-74)113-100-67-79(78-58-61-105-95(62-78)86-48-28-31-55-104(86)115-105)56-59-96(100)111-97-60-57-80(107-89-51-24-22-49-87(89)106(77-44-20-7-21-45-77)88-50-23-25-52-90(88)107)68-101(97)114(103-70-83(69-102(113)108(103)111)112-98-53-29-26-46-84(98)85-47-27-30-54-99(85)112)110-93(75-40-16-5-17-41-75)65-82(72-34-10-2-11-35-72)66-94(110)76-42-18-6-19-43-76/h1-70H. The van der Waals surface area contributed by atoms with Crippen LogP contribution >= 0.6 is 0 Å². The van der Waals surface area contributed by atoms with Gasteiger partial charge in [0.1, 0.15) is 11.2 Å². The molecule has 23 rings (SSSR count). The van der Waals surface area contributed by atoms with Gasteiger partial charge in [0.15, 0.2) is 0 Å². The quantitative estimate of drug-likeness (QED) is 0.0900.